The lowest BCUT2D eigenvalue weighted by Crippen LogP contribution is -2.57. The maximum absolute atomic E-state index is 13.6. The Bertz CT molecular complexity index is 941. The topological polar surface area (TPSA) is 93.7 Å². The number of halogens is 1. The smallest absolute Gasteiger partial charge is 0.241 e. The van der Waals surface area contributed by atoms with Gasteiger partial charge in [0.2, 0.25) is 11.8 Å². The van der Waals surface area contributed by atoms with Crippen LogP contribution in [0.15, 0.2) is 24.3 Å². The van der Waals surface area contributed by atoms with Gasteiger partial charge in [-0.3, -0.25) is 14.5 Å². The van der Waals surface area contributed by atoms with Crippen LogP contribution in [0.2, 0.25) is 0 Å². The van der Waals surface area contributed by atoms with Crippen LogP contribution in [-0.2, 0) is 9.59 Å². The van der Waals surface area contributed by atoms with Gasteiger partial charge in [0, 0.05) is 25.7 Å². The molecule has 33 heavy (non-hydrogen) atoms. The minimum Gasteiger partial charge on any atom is -0.330 e. The Morgan fingerprint density at radius 3 is 2.58 bits per heavy atom. The summed E-state index contributed by atoms with van der Waals surface area (Å²) in [5, 5.41) is 9.29. The molecule has 2 amide bonds. The zero-order chi connectivity index (χ0) is 23.1. The summed E-state index contributed by atoms with van der Waals surface area (Å²) in [4.78, 5) is 32.1. The van der Waals surface area contributed by atoms with E-state index < -0.39 is 12.1 Å². The zero-order valence-corrected chi connectivity index (χ0v) is 18.9. The Hall–Kier alpha value is -2.50. The second-order valence-corrected chi connectivity index (χ2v) is 10.1. The van der Waals surface area contributed by atoms with Crippen LogP contribution in [0.4, 0.5) is 4.39 Å². The molecule has 7 nitrogen and oxygen atoms in total. The van der Waals surface area contributed by atoms with Crippen molar-refractivity contribution in [2.45, 2.75) is 75.2 Å². The van der Waals surface area contributed by atoms with Crippen LogP contribution in [0.5, 0.6) is 0 Å². The lowest BCUT2D eigenvalue weighted by molar-refractivity contribution is -0.142. The first-order valence-electron chi connectivity index (χ1n) is 12.3. The molecule has 5 rings (SSSR count). The van der Waals surface area contributed by atoms with E-state index in [2.05, 4.69) is 15.9 Å². The molecule has 3 heterocycles. The molecule has 1 aromatic rings. The van der Waals surface area contributed by atoms with Gasteiger partial charge in [0.15, 0.2) is 0 Å². The number of likely N-dealkylation sites (tertiary alicyclic amines) is 3. The number of amides is 2. The second kappa shape index (κ2) is 9.03. The molecule has 4 aliphatic rings. The molecule has 0 aromatic heterocycles. The Kier molecular flexibility index (Phi) is 6.11. The highest BCUT2D eigenvalue weighted by atomic mass is 19.1. The van der Waals surface area contributed by atoms with E-state index in [1.165, 1.54) is 25.0 Å². The molecule has 8 heteroatoms. The van der Waals surface area contributed by atoms with E-state index in [0.717, 1.165) is 31.2 Å². The van der Waals surface area contributed by atoms with Crippen LogP contribution >= 0.6 is 0 Å². The summed E-state index contributed by atoms with van der Waals surface area (Å²) in [6, 6.07) is 7.49. The van der Waals surface area contributed by atoms with Crippen molar-refractivity contribution >= 4 is 11.8 Å². The SMILES string of the molecule is N#C[C@@H]1CCCN1C(=O)[C@@H](N)CN1C[C@H]2C[C@@H]1C(=O)N2[C@@H](c1ccc(F)cc1)C1CCCC1. The van der Waals surface area contributed by atoms with Gasteiger partial charge >= 0.3 is 0 Å². The van der Waals surface area contributed by atoms with E-state index in [-0.39, 0.29) is 35.8 Å². The first-order valence-corrected chi connectivity index (χ1v) is 12.3. The average molecular weight is 454 g/mol. The number of fused-ring (bicyclic) bond motifs is 2. The highest BCUT2D eigenvalue weighted by Gasteiger charge is 2.53. The van der Waals surface area contributed by atoms with E-state index in [0.29, 0.717) is 32.0 Å². The highest BCUT2D eigenvalue weighted by Crippen LogP contribution is 2.45. The fourth-order valence-electron chi connectivity index (χ4n) is 6.56. The van der Waals surface area contributed by atoms with Gasteiger partial charge in [0.05, 0.1) is 24.2 Å². The number of nitriles is 1. The lowest BCUT2D eigenvalue weighted by Gasteiger charge is -2.42. The minimum atomic E-state index is -0.734. The van der Waals surface area contributed by atoms with Crippen LogP contribution in [-0.4, -0.2) is 70.3 Å². The highest BCUT2D eigenvalue weighted by molar-refractivity contribution is 5.87. The molecule has 1 saturated carbocycles. The first kappa shape index (κ1) is 22.3. The predicted molar refractivity (Wildman–Crippen MR) is 120 cm³/mol. The largest absolute Gasteiger partial charge is 0.330 e. The maximum atomic E-state index is 13.6. The van der Waals surface area contributed by atoms with Crippen LogP contribution in [0.3, 0.4) is 0 Å². The Morgan fingerprint density at radius 1 is 1.18 bits per heavy atom. The molecule has 3 saturated heterocycles. The number of hydrogen-bond donors (Lipinski definition) is 1. The number of nitrogens with two attached hydrogens (primary N) is 1. The summed E-state index contributed by atoms with van der Waals surface area (Å²) >= 11 is 0. The van der Waals surface area contributed by atoms with Crippen molar-refractivity contribution in [1.82, 2.24) is 14.7 Å². The molecule has 0 radical (unpaired) electrons. The summed E-state index contributed by atoms with van der Waals surface area (Å²) in [5.41, 5.74) is 7.28. The second-order valence-electron chi connectivity index (χ2n) is 10.1. The fraction of sp³-hybridized carbons (Fsp3) is 0.640. The van der Waals surface area contributed by atoms with Crippen LogP contribution in [0.25, 0.3) is 0 Å². The van der Waals surface area contributed by atoms with Gasteiger partial charge in [-0.15, -0.1) is 0 Å². The molecule has 1 aliphatic carbocycles. The van der Waals surface area contributed by atoms with E-state index in [9.17, 15) is 19.2 Å². The monoisotopic (exact) mass is 453 g/mol. The van der Waals surface area contributed by atoms with Gasteiger partial charge in [0.1, 0.15) is 11.9 Å². The van der Waals surface area contributed by atoms with Gasteiger partial charge in [-0.05, 0) is 55.7 Å². The normalized spacial score (nSPS) is 29.6. The van der Waals surface area contributed by atoms with E-state index in [4.69, 9.17) is 5.73 Å². The van der Waals surface area contributed by atoms with E-state index in [1.54, 1.807) is 4.90 Å². The number of rotatable bonds is 6. The molecule has 3 aliphatic heterocycles. The number of hydrogen-bond acceptors (Lipinski definition) is 5. The number of nitrogens with zero attached hydrogens (tertiary/aromatic N) is 4. The molecule has 176 valence electrons. The van der Waals surface area contributed by atoms with Crippen LogP contribution in [0, 0.1) is 23.1 Å². The third-order valence-corrected chi connectivity index (χ3v) is 8.11. The van der Waals surface area contributed by atoms with Crippen molar-refractivity contribution in [2.24, 2.45) is 11.7 Å². The predicted octanol–water partition coefficient (Wildman–Crippen LogP) is 2.18. The van der Waals surface area contributed by atoms with Gasteiger partial charge < -0.3 is 15.5 Å². The van der Waals surface area contributed by atoms with Crippen molar-refractivity contribution in [2.75, 3.05) is 19.6 Å². The Morgan fingerprint density at radius 2 is 1.91 bits per heavy atom. The Labute approximate surface area is 194 Å². The summed E-state index contributed by atoms with van der Waals surface area (Å²) in [6.45, 7) is 1.60. The van der Waals surface area contributed by atoms with Crippen molar-refractivity contribution in [3.8, 4) is 6.07 Å². The van der Waals surface area contributed by atoms with Gasteiger partial charge in [0.25, 0.3) is 0 Å². The summed E-state index contributed by atoms with van der Waals surface area (Å²) in [7, 11) is 0. The van der Waals surface area contributed by atoms with Crippen molar-refractivity contribution in [3.05, 3.63) is 35.6 Å². The standard InChI is InChI=1S/C25H32FN5O2/c26-18-9-7-17(8-10-18)23(16-4-1-2-5-16)31-20-12-22(25(31)33)29(14-20)15-21(28)24(32)30-11-3-6-19(30)13-27/h7-10,16,19-23H,1-6,11-12,14-15,28H2/t19-,20+,21-,22+,23+/m0/s1. The van der Waals surface area contributed by atoms with Crippen LogP contribution in [0.1, 0.15) is 56.6 Å². The summed E-state index contributed by atoms with van der Waals surface area (Å²) in [5.74, 6) is 0.0401. The van der Waals surface area contributed by atoms with Crippen molar-refractivity contribution in [1.29, 1.82) is 5.26 Å². The minimum absolute atomic E-state index is 0.0194. The Balaban J connectivity index is 1.29. The number of carbonyl (C=O) groups is 2. The molecule has 0 unspecified atom stereocenters. The fourth-order valence-corrected chi connectivity index (χ4v) is 6.56. The molecule has 5 atom stereocenters. The molecule has 2 N–H and O–H groups in total. The average Bonchev–Trinajstić information content (AvgIpc) is 3.60. The molecule has 4 fully saturated rings. The molecular weight excluding hydrogens is 421 g/mol. The third-order valence-electron chi connectivity index (χ3n) is 8.11. The number of benzene rings is 1. The lowest BCUT2D eigenvalue weighted by atomic mass is 9.89. The van der Waals surface area contributed by atoms with Crippen molar-refractivity contribution in [3.63, 3.8) is 0 Å². The number of carbonyl (C=O) groups excluding carboxylic acids is 2. The van der Waals surface area contributed by atoms with Gasteiger partial charge in [-0.1, -0.05) is 25.0 Å². The maximum Gasteiger partial charge on any atom is 0.241 e. The van der Waals surface area contributed by atoms with Gasteiger partial charge in [-0.2, -0.15) is 5.26 Å². The first-order chi connectivity index (χ1) is 16.0. The quantitative estimate of drug-likeness (QED) is 0.713. The molecule has 0 spiro atoms. The summed E-state index contributed by atoms with van der Waals surface area (Å²) < 4.78 is 13.6. The summed E-state index contributed by atoms with van der Waals surface area (Å²) in [6.07, 6.45) is 6.77. The number of piperazine rings is 1. The third kappa shape index (κ3) is 4.02. The van der Waals surface area contributed by atoms with E-state index >= 15 is 0 Å². The van der Waals surface area contributed by atoms with Gasteiger partial charge in [-0.25, -0.2) is 4.39 Å². The van der Waals surface area contributed by atoms with E-state index in [1.807, 2.05) is 12.1 Å². The molecular formula is C25H32FN5O2. The molecule has 2 bridgehead atoms. The molecule has 1 aromatic carbocycles. The van der Waals surface area contributed by atoms with Crippen molar-refractivity contribution < 1.29 is 14.0 Å². The van der Waals surface area contributed by atoms with Crippen LogP contribution < -0.4 is 5.73 Å². The zero-order valence-electron chi connectivity index (χ0n) is 18.9.